The monoisotopic (exact) mass is 356 g/mol. The highest BCUT2D eigenvalue weighted by Crippen LogP contribution is 2.46. The van der Waals surface area contributed by atoms with Gasteiger partial charge in [0.1, 0.15) is 5.69 Å². The summed E-state index contributed by atoms with van der Waals surface area (Å²) in [7, 11) is 0. The van der Waals surface area contributed by atoms with E-state index < -0.39 is 60.4 Å². The van der Waals surface area contributed by atoms with E-state index in [1.165, 1.54) is 0 Å². The van der Waals surface area contributed by atoms with E-state index in [-0.39, 0.29) is 0 Å². The summed E-state index contributed by atoms with van der Waals surface area (Å²) in [5.41, 5.74) is -5.65. The predicted molar refractivity (Wildman–Crippen MR) is 65.9 cm³/mol. The Hall–Kier alpha value is -2.33. The van der Waals surface area contributed by atoms with Gasteiger partial charge in [-0.25, -0.2) is 0 Å². The normalized spacial score (nSPS) is 21.8. The minimum absolute atomic E-state index is 0.430. The zero-order valence-electron chi connectivity index (χ0n) is 11.8. The molecule has 0 bridgehead atoms. The van der Waals surface area contributed by atoms with E-state index >= 15 is 0 Å². The number of carboxylic acids is 1. The third kappa shape index (κ3) is 2.89. The molecule has 5 nitrogen and oxygen atoms in total. The Morgan fingerprint density at radius 3 is 2.29 bits per heavy atom. The Morgan fingerprint density at radius 1 is 1.21 bits per heavy atom. The number of nitrogens with zero attached hydrogens (tertiary/aromatic N) is 2. The minimum Gasteiger partial charge on any atom is -0.481 e. The van der Waals surface area contributed by atoms with Crippen LogP contribution in [0, 0.1) is 5.41 Å². The molecule has 0 saturated carbocycles. The molecule has 24 heavy (non-hydrogen) atoms. The van der Waals surface area contributed by atoms with E-state index in [0.29, 0.717) is 11.0 Å². The van der Waals surface area contributed by atoms with E-state index in [2.05, 4.69) is 4.98 Å². The fourth-order valence-corrected chi connectivity index (χ4v) is 2.46. The average molecular weight is 356 g/mol. The lowest BCUT2D eigenvalue weighted by atomic mass is 9.86. The van der Waals surface area contributed by atoms with E-state index in [0.717, 1.165) is 12.3 Å². The van der Waals surface area contributed by atoms with Crippen molar-refractivity contribution in [2.24, 2.45) is 5.41 Å². The van der Waals surface area contributed by atoms with E-state index in [9.17, 15) is 35.9 Å². The largest absolute Gasteiger partial charge is 0.481 e. The lowest BCUT2D eigenvalue weighted by molar-refractivity contribution is -0.227. The second kappa shape index (κ2) is 5.64. The number of amides is 1. The van der Waals surface area contributed by atoms with Crippen LogP contribution in [0.15, 0.2) is 18.3 Å². The molecule has 1 aromatic heterocycles. The lowest BCUT2D eigenvalue weighted by Gasteiger charge is -2.27. The maximum atomic E-state index is 13.1. The summed E-state index contributed by atoms with van der Waals surface area (Å²) in [5.74, 6) is -3.57. The van der Waals surface area contributed by atoms with Crippen molar-refractivity contribution in [1.29, 1.82) is 0 Å². The van der Waals surface area contributed by atoms with Gasteiger partial charge >= 0.3 is 18.3 Å². The van der Waals surface area contributed by atoms with Gasteiger partial charge in [-0.15, -0.1) is 0 Å². The number of rotatable bonds is 2. The van der Waals surface area contributed by atoms with Gasteiger partial charge in [0.2, 0.25) is 0 Å². The van der Waals surface area contributed by atoms with Gasteiger partial charge in [-0.1, -0.05) is 0 Å². The molecule has 0 radical (unpaired) electrons. The molecule has 1 atom stereocenters. The zero-order chi connectivity index (χ0) is 18.3. The number of carboxylic acid groups (broad SMARTS) is 1. The SMILES string of the molecule is O=C(c1ncccc1C(F)(F)F)N1CCC(C(=O)O)(C(F)(F)F)C1. The van der Waals surface area contributed by atoms with E-state index in [1.54, 1.807) is 0 Å². The molecule has 1 saturated heterocycles. The van der Waals surface area contributed by atoms with E-state index in [4.69, 9.17) is 5.11 Å². The Balaban J connectivity index is 2.36. The van der Waals surface area contributed by atoms with Gasteiger partial charge in [0.15, 0.2) is 5.41 Å². The van der Waals surface area contributed by atoms with Gasteiger partial charge in [-0.2, -0.15) is 26.3 Å². The van der Waals surface area contributed by atoms with E-state index in [1.807, 2.05) is 0 Å². The first kappa shape index (κ1) is 18.0. The molecule has 0 aromatic carbocycles. The van der Waals surface area contributed by atoms with Crippen molar-refractivity contribution in [3.05, 3.63) is 29.6 Å². The number of aromatic nitrogens is 1. The summed E-state index contributed by atoms with van der Waals surface area (Å²) in [5, 5.41) is 8.90. The Morgan fingerprint density at radius 2 is 1.83 bits per heavy atom. The van der Waals surface area contributed by atoms with Crippen LogP contribution in [0.2, 0.25) is 0 Å². The number of carbonyl (C=O) groups is 2. The molecule has 1 aromatic rings. The molecule has 1 aliphatic rings. The predicted octanol–water partition coefficient (Wildman–Crippen LogP) is 2.58. The van der Waals surface area contributed by atoms with Crippen molar-refractivity contribution in [3.63, 3.8) is 0 Å². The molecule has 0 aliphatic carbocycles. The number of halogens is 6. The summed E-state index contributed by atoms with van der Waals surface area (Å²) < 4.78 is 77.8. The molecule has 1 fully saturated rings. The van der Waals surface area contributed by atoms with Crippen LogP contribution in [0.5, 0.6) is 0 Å². The number of aliphatic carboxylic acids is 1. The first-order valence-corrected chi connectivity index (χ1v) is 6.52. The van der Waals surface area contributed by atoms with Crippen LogP contribution in [0.3, 0.4) is 0 Å². The highest BCUT2D eigenvalue weighted by atomic mass is 19.4. The van der Waals surface area contributed by atoms with Gasteiger partial charge < -0.3 is 10.0 Å². The molecule has 1 aliphatic heterocycles. The summed E-state index contributed by atoms with van der Waals surface area (Å²) in [6, 6.07) is 1.51. The van der Waals surface area contributed by atoms with Gasteiger partial charge in [0.05, 0.1) is 5.56 Å². The quantitative estimate of drug-likeness (QED) is 0.827. The molecular formula is C13H10F6N2O3. The number of hydrogen-bond acceptors (Lipinski definition) is 3. The first-order valence-electron chi connectivity index (χ1n) is 6.52. The number of likely N-dealkylation sites (tertiary alicyclic amines) is 1. The number of hydrogen-bond donors (Lipinski definition) is 1. The summed E-state index contributed by atoms with van der Waals surface area (Å²) >= 11 is 0. The highest BCUT2D eigenvalue weighted by Gasteiger charge is 2.64. The van der Waals surface area contributed by atoms with Crippen molar-refractivity contribution in [3.8, 4) is 0 Å². The van der Waals surface area contributed by atoms with Crippen LogP contribution in [0.4, 0.5) is 26.3 Å². The van der Waals surface area contributed by atoms with Gasteiger partial charge in [0.25, 0.3) is 5.91 Å². The van der Waals surface area contributed by atoms with Gasteiger partial charge in [0, 0.05) is 19.3 Å². The zero-order valence-corrected chi connectivity index (χ0v) is 11.8. The third-order valence-corrected chi connectivity index (χ3v) is 3.82. The molecule has 2 heterocycles. The summed E-state index contributed by atoms with van der Waals surface area (Å²) in [6.45, 7) is -1.91. The van der Waals surface area contributed by atoms with Crippen molar-refractivity contribution in [1.82, 2.24) is 9.88 Å². The van der Waals surface area contributed by atoms with Gasteiger partial charge in [-0.05, 0) is 18.6 Å². The maximum Gasteiger partial charge on any atom is 0.418 e. The Labute approximate surface area is 130 Å². The van der Waals surface area contributed by atoms with Crippen LogP contribution in [0.25, 0.3) is 0 Å². The van der Waals surface area contributed by atoms with Crippen molar-refractivity contribution in [2.45, 2.75) is 18.8 Å². The Bertz CT molecular complexity index is 672. The molecular weight excluding hydrogens is 346 g/mol. The molecule has 2 rings (SSSR count). The fraction of sp³-hybridized carbons (Fsp3) is 0.462. The standard InChI is InChI=1S/C13H10F6N2O3/c14-12(15,16)7-2-1-4-20-8(7)9(22)21-5-3-11(6-21,10(23)24)13(17,18)19/h1-2,4H,3,5-6H2,(H,23,24). The van der Waals surface area contributed by atoms with Crippen molar-refractivity contribution >= 4 is 11.9 Å². The van der Waals surface area contributed by atoms with Crippen molar-refractivity contribution < 1.29 is 41.0 Å². The van der Waals surface area contributed by atoms with Crippen molar-refractivity contribution in [2.75, 3.05) is 13.1 Å². The first-order chi connectivity index (χ1) is 10.9. The molecule has 1 N–H and O–H groups in total. The molecule has 132 valence electrons. The number of carbonyl (C=O) groups excluding carboxylic acids is 1. The van der Waals surface area contributed by atoms with Crippen LogP contribution >= 0.6 is 0 Å². The van der Waals surface area contributed by atoms with Crippen LogP contribution < -0.4 is 0 Å². The highest BCUT2D eigenvalue weighted by molar-refractivity contribution is 5.94. The topological polar surface area (TPSA) is 70.5 Å². The third-order valence-electron chi connectivity index (χ3n) is 3.82. The molecule has 1 amide bonds. The van der Waals surface area contributed by atoms with Crippen LogP contribution in [-0.4, -0.2) is 46.1 Å². The lowest BCUT2D eigenvalue weighted by Crippen LogP contribution is -2.47. The van der Waals surface area contributed by atoms with Crippen LogP contribution in [0.1, 0.15) is 22.5 Å². The van der Waals surface area contributed by atoms with Gasteiger partial charge in [-0.3, -0.25) is 14.6 Å². The van der Waals surface area contributed by atoms with Crippen LogP contribution in [-0.2, 0) is 11.0 Å². The second-order valence-electron chi connectivity index (χ2n) is 5.26. The second-order valence-corrected chi connectivity index (χ2v) is 5.26. The smallest absolute Gasteiger partial charge is 0.418 e. The summed E-state index contributed by atoms with van der Waals surface area (Å²) in [4.78, 5) is 26.9. The fourth-order valence-electron chi connectivity index (χ4n) is 2.46. The Kier molecular flexibility index (Phi) is 4.23. The number of alkyl halides is 6. The molecule has 1 unspecified atom stereocenters. The molecule has 11 heteroatoms. The molecule has 0 spiro atoms. The average Bonchev–Trinajstić information content (AvgIpc) is 2.92. The number of pyridine rings is 1. The summed E-state index contributed by atoms with van der Waals surface area (Å²) in [6.07, 6.45) is -10.1. The minimum atomic E-state index is -5.15. The maximum absolute atomic E-state index is 13.1.